The van der Waals surface area contributed by atoms with Gasteiger partial charge in [0.05, 0.1) is 12.0 Å². The standard InChI is InChI=1S/C16H17N5O/c1-11-12(2)21(10-18-11)14-6-4-13(5-7-14)19-16(22)15-17-8-9-20(15)3/h4-10H,1-3H3,(H,19,22). The first-order chi connectivity index (χ1) is 10.6. The maximum absolute atomic E-state index is 12.1. The van der Waals surface area contributed by atoms with Gasteiger partial charge in [-0.3, -0.25) is 4.79 Å². The van der Waals surface area contributed by atoms with Gasteiger partial charge in [-0.2, -0.15) is 0 Å². The molecule has 0 saturated carbocycles. The van der Waals surface area contributed by atoms with E-state index in [-0.39, 0.29) is 5.91 Å². The van der Waals surface area contributed by atoms with Crippen molar-refractivity contribution in [2.75, 3.05) is 5.32 Å². The molecule has 1 N–H and O–H groups in total. The number of aryl methyl sites for hydroxylation is 2. The molecular formula is C16H17N5O. The van der Waals surface area contributed by atoms with Crippen LogP contribution in [0.2, 0.25) is 0 Å². The zero-order chi connectivity index (χ0) is 15.7. The Bertz CT molecular complexity index is 813. The molecule has 0 atom stereocenters. The van der Waals surface area contributed by atoms with Gasteiger partial charge in [0.1, 0.15) is 0 Å². The Morgan fingerprint density at radius 2 is 1.86 bits per heavy atom. The Morgan fingerprint density at radius 3 is 2.41 bits per heavy atom. The van der Waals surface area contributed by atoms with E-state index in [2.05, 4.69) is 15.3 Å². The molecule has 0 saturated heterocycles. The Labute approximate surface area is 128 Å². The number of carbonyl (C=O) groups excluding carboxylic acids is 1. The average Bonchev–Trinajstić information content (AvgIpc) is 3.07. The molecule has 0 radical (unpaired) electrons. The maximum Gasteiger partial charge on any atom is 0.291 e. The van der Waals surface area contributed by atoms with E-state index >= 15 is 0 Å². The smallest absolute Gasteiger partial charge is 0.291 e. The molecule has 22 heavy (non-hydrogen) atoms. The number of imidazole rings is 2. The van der Waals surface area contributed by atoms with Crippen LogP contribution in [0.4, 0.5) is 5.69 Å². The monoisotopic (exact) mass is 295 g/mol. The van der Waals surface area contributed by atoms with E-state index in [0.29, 0.717) is 5.82 Å². The van der Waals surface area contributed by atoms with E-state index in [1.807, 2.05) is 42.7 Å². The first-order valence-corrected chi connectivity index (χ1v) is 6.96. The van der Waals surface area contributed by atoms with Crippen molar-refractivity contribution in [2.24, 2.45) is 7.05 Å². The normalized spacial score (nSPS) is 10.7. The lowest BCUT2D eigenvalue weighted by molar-refractivity contribution is 0.101. The quantitative estimate of drug-likeness (QED) is 0.807. The van der Waals surface area contributed by atoms with Crippen LogP contribution in [-0.4, -0.2) is 25.0 Å². The molecule has 0 fully saturated rings. The van der Waals surface area contributed by atoms with E-state index in [4.69, 9.17) is 0 Å². The zero-order valence-electron chi connectivity index (χ0n) is 12.7. The second kappa shape index (κ2) is 5.48. The zero-order valence-corrected chi connectivity index (χ0v) is 12.7. The van der Waals surface area contributed by atoms with Crippen LogP contribution in [0.5, 0.6) is 0 Å². The van der Waals surface area contributed by atoms with Crippen LogP contribution >= 0.6 is 0 Å². The van der Waals surface area contributed by atoms with Crippen molar-refractivity contribution in [3.8, 4) is 5.69 Å². The van der Waals surface area contributed by atoms with Crippen LogP contribution in [0.25, 0.3) is 5.69 Å². The lowest BCUT2D eigenvalue weighted by Crippen LogP contribution is -2.16. The lowest BCUT2D eigenvalue weighted by atomic mass is 10.2. The fourth-order valence-corrected chi connectivity index (χ4v) is 2.24. The van der Waals surface area contributed by atoms with Crippen molar-refractivity contribution in [3.63, 3.8) is 0 Å². The summed E-state index contributed by atoms with van der Waals surface area (Å²) in [6.07, 6.45) is 5.14. The molecule has 6 heteroatoms. The Balaban J connectivity index is 1.79. The maximum atomic E-state index is 12.1. The number of hydrogen-bond acceptors (Lipinski definition) is 3. The molecule has 3 rings (SSSR count). The van der Waals surface area contributed by atoms with E-state index in [1.54, 1.807) is 30.3 Å². The van der Waals surface area contributed by atoms with Gasteiger partial charge in [-0.1, -0.05) is 0 Å². The number of amides is 1. The topological polar surface area (TPSA) is 64.7 Å². The molecule has 6 nitrogen and oxygen atoms in total. The van der Waals surface area contributed by atoms with Gasteiger partial charge in [0, 0.05) is 36.5 Å². The highest BCUT2D eigenvalue weighted by Gasteiger charge is 2.11. The fraction of sp³-hybridized carbons (Fsp3) is 0.188. The summed E-state index contributed by atoms with van der Waals surface area (Å²) in [6.45, 7) is 4.01. The molecule has 3 aromatic rings. The molecule has 1 amide bonds. The van der Waals surface area contributed by atoms with Crippen LogP contribution < -0.4 is 5.32 Å². The van der Waals surface area contributed by atoms with Crippen LogP contribution in [-0.2, 0) is 7.05 Å². The van der Waals surface area contributed by atoms with Crippen LogP contribution in [0.1, 0.15) is 22.0 Å². The highest BCUT2D eigenvalue weighted by atomic mass is 16.2. The third kappa shape index (κ3) is 2.50. The largest absolute Gasteiger partial charge is 0.330 e. The van der Waals surface area contributed by atoms with Gasteiger partial charge in [-0.05, 0) is 38.1 Å². The summed E-state index contributed by atoms with van der Waals surface area (Å²) < 4.78 is 3.70. The predicted molar refractivity (Wildman–Crippen MR) is 84.2 cm³/mol. The van der Waals surface area contributed by atoms with Crippen LogP contribution in [0.15, 0.2) is 43.0 Å². The van der Waals surface area contributed by atoms with Crippen molar-refractivity contribution in [1.29, 1.82) is 0 Å². The van der Waals surface area contributed by atoms with Gasteiger partial charge in [-0.25, -0.2) is 9.97 Å². The molecule has 112 valence electrons. The van der Waals surface area contributed by atoms with Gasteiger partial charge < -0.3 is 14.5 Å². The summed E-state index contributed by atoms with van der Waals surface area (Å²) in [5.41, 5.74) is 3.84. The second-order valence-corrected chi connectivity index (χ2v) is 5.15. The summed E-state index contributed by atoms with van der Waals surface area (Å²) in [4.78, 5) is 20.4. The number of carbonyl (C=O) groups is 1. The molecule has 0 aliphatic carbocycles. The van der Waals surface area contributed by atoms with E-state index in [0.717, 1.165) is 22.8 Å². The summed E-state index contributed by atoms with van der Waals surface area (Å²) in [6, 6.07) is 7.63. The minimum Gasteiger partial charge on any atom is -0.330 e. The Hall–Kier alpha value is -2.89. The van der Waals surface area contributed by atoms with E-state index in [9.17, 15) is 4.79 Å². The third-order valence-corrected chi connectivity index (χ3v) is 3.68. The second-order valence-electron chi connectivity index (χ2n) is 5.15. The summed E-state index contributed by atoms with van der Waals surface area (Å²) in [5.74, 6) is 0.153. The first-order valence-electron chi connectivity index (χ1n) is 6.96. The number of hydrogen-bond donors (Lipinski definition) is 1. The Morgan fingerprint density at radius 1 is 1.14 bits per heavy atom. The average molecular weight is 295 g/mol. The van der Waals surface area contributed by atoms with Crippen LogP contribution in [0, 0.1) is 13.8 Å². The number of anilines is 1. The molecule has 2 heterocycles. The summed E-state index contributed by atoms with van der Waals surface area (Å²) in [5, 5.41) is 2.84. The van der Waals surface area contributed by atoms with Gasteiger partial charge in [-0.15, -0.1) is 0 Å². The van der Waals surface area contributed by atoms with Crippen molar-refractivity contribution < 1.29 is 4.79 Å². The molecule has 0 aliphatic heterocycles. The minimum absolute atomic E-state index is 0.227. The number of aromatic nitrogens is 4. The molecule has 0 aliphatic rings. The van der Waals surface area contributed by atoms with Gasteiger partial charge >= 0.3 is 0 Å². The van der Waals surface area contributed by atoms with Gasteiger partial charge in [0.25, 0.3) is 5.91 Å². The van der Waals surface area contributed by atoms with Crippen molar-refractivity contribution in [1.82, 2.24) is 19.1 Å². The SMILES string of the molecule is Cc1ncn(-c2ccc(NC(=O)c3nccn3C)cc2)c1C. The minimum atomic E-state index is -0.227. The number of nitrogens with one attached hydrogen (secondary N) is 1. The van der Waals surface area contributed by atoms with Crippen molar-refractivity contribution >= 4 is 11.6 Å². The summed E-state index contributed by atoms with van der Waals surface area (Å²) in [7, 11) is 1.79. The predicted octanol–water partition coefficient (Wildman–Crippen LogP) is 2.47. The number of benzene rings is 1. The number of rotatable bonds is 3. The lowest BCUT2D eigenvalue weighted by Gasteiger charge is -2.08. The highest BCUT2D eigenvalue weighted by molar-refractivity contribution is 6.01. The summed E-state index contributed by atoms with van der Waals surface area (Å²) >= 11 is 0. The van der Waals surface area contributed by atoms with Gasteiger partial charge in [0.15, 0.2) is 5.82 Å². The Kier molecular flexibility index (Phi) is 3.50. The molecule has 0 unspecified atom stereocenters. The number of nitrogens with zero attached hydrogens (tertiary/aromatic N) is 4. The van der Waals surface area contributed by atoms with E-state index in [1.165, 1.54) is 0 Å². The first kappa shape index (κ1) is 14.1. The van der Waals surface area contributed by atoms with Crippen molar-refractivity contribution in [3.05, 3.63) is 60.2 Å². The highest BCUT2D eigenvalue weighted by Crippen LogP contribution is 2.17. The van der Waals surface area contributed by atoms with Gasteiger partial charge in [0.2, 0.25) is 0 Å². The van der Waals surface area contributed by atoms with Crippen LogP contribution in [0.3, 0.4) is 0 Å². The fourth-order valence-electron chi connectivity index (χ4n) is 2.24. The molecular weight excluding hydrogens is 278 g/mol. The van der Waals surface area contributed by atoms with E-state index < -0.39 is 0 Å². The van der Waals surface area contributed by atoms with Crippen molar-refractivity contribution in [2.45, 2.75) is 13.8 Å². The molecule has 1 aromatic carbocycles. The molecule has 0 bridgehead atoms. The third-order valence-electron chi connectivity index (χ3n) is 3.68. The molecule has 2 aromatic heterocycles. The molecule has 0 spiro atoms.